The molecule has 0 saturated heterocycles. The zero-order chi connectivity index (χ0) is 8.32. The summed E-state index contributed by atoms with van der Waals surface area (Å²) in [6.07, 6.45) is 0. The zero-order valence-electron chi connectivity index (χ0n) is 7.01. The first-order valence-electron chi connectivity index (χ1n) is 3.87. The summed E-state index contributed by atoms with van der Waals surface area (Å²) in [4.78, 5) is 0. The molecule has 0 bridgehead atoms. The number of benzene rings is 1. The molecule has 0 aliphatic heterocycles. The van der Waals surface area contributed by atoms with Gasteiger partial charge in [-0.05, 0) is 0 Å². The highest BCUT2D eigenvalue weighted by Crippen LogP contribution is 2.11. The van der Waals surface area contributed by atoms with E-state index in [1.807, 2.05) is 18.2 Å². The summed E-state index contributed by atoms with van der Waals surface area (Å²) in [6, 6.07) is 10.3. The number of hydrogen-bond donors (Lipinski definition) is 2. The van der Waals surface area contributed by atoms with Crippen LogP contribution in [0.4, 0.5) is 0 Å². The Bertz CT molecular complexity index is 216. The van der Waals surface area contributed by atoms with Gasteiger partial charge in [-0.2, -0.15) is 0 Å². The van der Waals surface area contributed by atoms with E-state index in [1.165, 1.54) is 5.56 Å². The molecule has 11 heavy (non-hydrogen) atoms. The summed E-state index contributed by atoms with van der Waals surface area (Å²) in [5.74, 6) is 0. The average Bonchev–Trinajstić information content (AvgIpc) is 2.06. The molecule has 0 aliphatic carbocycles. The topological polar surface area (TPSA) is 55.3 Å². The Balaban J connectivity index is 2.93. The largest absolute Gasteiger partial charge is 0.352 e. The normalized spacial score (nSPS) is 15.9. The SMILES string of the molecule is CC([NH3+])(C[NH3+])c1ccccc1. The second kappa shape index (κ2) is 3.03. The molecule has 0 spiro atoms. The summed E-state index contributed by atoms with van der Waals surface area (Å²) >= 11 is 0. The van der Waals surface area contributed by atoms with Crippen molar-refractivity contribution in [2.75, 3.05) is 6.54 Å². The minimum atomic E-state index is -0.0265. The lowest BCUT2D eigenvalue weighted by molar-refractivity contribution is -0.544. The van der Waals surface area contributed by atoms with Gasteiger partial charge in [-0.15, -0.1) is 0 Å². The molecule has 0 amide bonds. The molecular formula is C9H16N2+2. The van der Waals surface area contributed by atoms with Gasteiger partial charge in [-0.3, -0.25) is 0 Å². The fourth-order valence-electron chi connectivity index (χ4n) is 0.985. The van der Waals surface area contributed by atoms with E-state index >= 15 is 0 Å². The first kappa shape index (κ1) is 8.24. The highest BCUT2D eigenvalue weighted by atomic mass is 14.8. The van der Waals surface area contributed by atoms with Gasteiger partial charge < -0.3 is 11.5 Å². The van der Waals surface area contributed by atoms with E-state index in [4.69, 9.17) is 0 Å². The predicted octanol–water partition coefficient (Wildman–Crippen LogP) is -0.614. The van der Waals surface area contributed by atoms with Crippen LogP contribution in [0.25, 0.3) is 0 Å². The Hall–Kier alpha value is -0.860. The van der Waals surface area contributed by atoms with Crippen molar-refractivity contribution in [3.8, 4) is 0 Å². The minimum absolute atomic E-state index is 0.0265. The molecule has 1 aromatic carbocycles. The van der Waals surface area contributed by atoms with Gasteiger partial charge in [0.25, 0.3) is 0 Å². The van der Waals surface area contributed by atoms with E-state index in [0.717, 1.165) is 6.54 Å². The quantitative estimate of drug-likeness (QED) is 0.568. The maximum absolute atomic E-state index is 4.10. The highest BCUT2D eigenvalue weighted by molar-refractivity contribution is 5.20. The fourth-order valence-corrected chi connectivity index (χ4v) is 0.985. The molecule has 1 unspecified atom stereocenters. The van der Waals surface area contributed by atoms with Crippen LogP contribution in [0.3, 0.4) is 0 Å². The summed E-state index contributed by atoms with van der Waals surface area (Å²) in [7, 11) is 0. The van der Waals surface area contributed by atoms with Crippen LogP contribution in [0, 0.1) is 0 Å². The molecule has 0 saturated carbocycles. The lowest BCUT2D eigenvalue weighted by atomic mass is 9.94. The summed E-state index contributed by atoms with van der Waals surface area (Å²) in [5, 5.41) is 0. The molecule has 60 valence electrons. The van der Waals surface area contributed by atoms with Crippen molar-refractivity contribution in [1.82, 2.24) is 0 Å². The Morgan fingerprint density at radius 3 is 2.27 bits per heavy atom. The minimum Gasteiger partial charge on any atom is -0.352 e. The second-order valence-electron chi connectivity index (χ2n) is 3.18. The maximum atomic E-state index is 4.10. The van der Waals surface area contributed by atoms with Crippen molar-refractivity contribution < 1.29 is 11.5 Å². The van der Waals surface area contributed by atoms with E-state index in [0.29, 0.717) is 0 Å². The van der Waals surface area contributed by atoms with Crippen LogP contribution in [0.5, 0.6) is 0 Å². The molecule has 0 aromatic heterocycles. The molecule has 2 nitrogen and oxygen atoms in total. The molecule has 0 aliphatic rings. The van der Waals surface area contributed by atoms with Crippen LogP contribution in [0.15, 0.2) is 30.3 Å². The third kappa shape index (κ3) is 1.79. The summed E-state index contributed by atoms with van der Waals surface area (Å²) in [5.41, 5.74) is 9.20. The van der Waals surface area contributed by atoms with Crippen molar-refractivity contribution in [2.24, 2.45) is 0 Å². The van der Waals surface area contributed by atoms with Gasteiger partial charge in [-0.1, -0.05) is 30.3 Å². The number of quaternary nitrogens is 2. The fraction of sp³-hybridized carbons (Fsp3) is 0.333. The van der Waals surface area contributed by atoms with Crippen molar-refractivity contribution in [1.29, 1.82) is 0 Å². The van der Waals surface area contributed by atoms with Gasteiger partial charge in [0.1, 0.15) is 6.54 Å². The lowest BCUT2D eigenvalue weighted by Crippen LogP contribution is -2.78. The molecule has 0 radical (unpaired) electrons. The molecule has 6 N–H and O–H groups in total. The maximum Gasteiger partial charge on any atom is 0.166 e. The van der Waals surface area contributed by atoms with Crippen LogP contribution in [0.1, 0.15) is 12.5 Å². The van der Waals surface area contributed by atoms with E-state index in [9.17, 15) is 0 Å². The molecule has 2 heteroatoms. The molecular weight excluding hydrogens is 136 g/mol. The van der Waals surface area contributed by atoms with E-state index in [-0.39, 0.29) is 5.54 Å². The van der Waals surface area contributed by atoms with Crippen molar-refractivity contribution in [2.45, 2.75) is 12.5 Å². The third-order valence-electron chi connectivity index (χ3n) is 2.02. The van der Waals surface area contributed by atoms with Crippen LogP contribution in [-0.4, -0.2) is 6.54 Å². The smallest absolute Gasteiger partial charge is 0.166 e. The monoisotopic (exact) mass is 152 g/mol. The van der Waals surface area contributed by atoms with Gasteiger partial charge in [0.2, 0.25) is 0 Å². The van der Waals surface area contributed by atoms with Crippen LogP contribution >= 0.6 is 0 Å². The standard InChI is InChI=1S/C9H14N2/c1-9(11,7-10)8-5-3-2-4-6-8/h2-6H,7,10-11H2,1H3/p+2. The Morgan fingerprint density at radius 2 is 1.82 bits per heavy atom. The number of rotatable bonds is 2. The molecule has 0 heterocycles. The predicted molar refractivity (Wildman–Crippen MR) is 44.4 cm³/mol. The first-order chi connectivity index (χ1) is 5.17. The first-order valence-corrected chi connectivity index (χ1v) is 3.87. The van der Waals surface area contributed by atoms with Crippen LogP contribution in [-0.2, 0) is 5.54 Å². The molecule has 1 atom stereocenters. The Kier molecular flexibility index (Phi) is 2.27. The summed E-state index contributed by atoms with van der Waals surface area (Å²) < 4.78 is 0. The van der Waals surface area contributed by atoms with Crippen molar-refractivity contribution in [3.63, 3.8) is 0 Å². The van der Waals surface area contributed by atoms with Gasteiger partial charge in [0.05, 0.1) is 0 Å². The second-order valence-corrected chi connectivity index (χ2v) is 3.18. The van der Waals surface area contributed by atoms with Crippen molar-refractivity contribution >= 4 is 0 Å². The van der Waals surface area contributed by atoms with E-state index < -0.39 is 0 Å². The number of hydrogen-bond acceptors (Lipinski definition) is 0. The van der Waals surface area contributed by atoms with Gasteiger partial charge in [0, 0.05) is 12.5 Å². The van der Waals surface area contributed by atoms with E-state index in [1.54, 1.807) is 0 Å². The lowest BCUT2D eigenvalue weighted by Gasteiger charge is -2.16. The zero-order valence-corrected chi connectivity index (χ0v) is 7.01. The Labute approximate surface area is 67.2 Å². The molecule has 1 rings (SSSR count). The van der Waals surface area contributed by atoms with Gasteiger partial charge >= 0.3 is 0 Å². The molecule has 0 fully saturated rings. The van der Waals surface area contributed by atoms with Crippen LogP contribution < -0.4 is 11.5 Å². The Morgan fingerprint density at radius 1 is 1.27 bits per heavy atom. The molecule has 1 aromatic rings. The van der Waals surface area contributed by atoms with E-state index in [2.05, 4.69) is 30.5 Å². The van der Waals surface area contributed by atoms with Crippen molar-refractivity contribution in [3.05, 3.63) is 35.9 Å². The van der Waals surface area contributed by atoms with Gasteiger partial charge in [-0.25, -0.2) is 0 Å². The third-order valence-corrected chi connectivity index (χ3v) is 2.02. The average molecular weight is 152 g/mol. The summed E-state index contributed by atoms with van der Waals surface area (Å²) in [6.45, 7) is 2.94. The van der Waals surface area contributed by atoms with Crippen LogP contribution in [0.2, 0.25) is 0 Å². The highest BCUT2D eigenvalue weighted by Gasteiger charge is 2.24. The van der Waals surface area contributed by atoms with Gasteiger partial charge in [0.15, 0.2) is 5.54 Å².